The van der Waals surface area contributed by atoms with Gasteiger partial charge >= 0.3 is 0 Å². The van der Waals surface area contributed by atoms with E-state index in [1.54, 1.807) is 0 Å². The minimum atomic E-state index is 1.15. The molecule has 0 aliphatic heterocycles. The van der Waals surface area contributed by atoms with E-state index in [2.05, 4.69) is 252 Å². The predicted molar refractivity (Wildman–Crippen MR) is 262 cm³/mol. The van der Waals surface area contributed by atoms with E-state index in [1.165, 1.54) is 99.2 Å². The van der Waals surface area contributed by atoms with E-state index in [9.17, 15) is 0 Å². The van der Waals surface area contributed by atoms with Gasteiger partial charge in [0.1, 0.15) is 0 Å². The first-order valence-electron chi connectivity index (χ1n) is 21.3. The third kappa shape index (κ3) is 6.12. The summed E-state index contributed by atoms with van der Waals surface area (Å²) in [5, 5.41) is 4.96. The fraction of sp³-hybridized carbons (Fsp3) is 0. The number of fused-ring (bicyclic) bond motifs is 6. The molecule has 2 heteroatoms. The van der Waals surface area contributed by atoms with Crippen molar-refractivity contribution < 1.29 is 0 Å². The normalized spacial score (nSPS) is 11.5. The molecule has 0 radical (unpaired) electrons. The molecule has 62 heavy (non-hydrogen) atoms. The van der Waals surface area contributed by atoms with Crippen molar-refractivity contribution in [2.45, 2.75) is 0 Å². The van der Waals surface area contributed by atoms with Crippen molar-refractivity contribution in [1.29, 1.82) is 0 Å². The molecule has 0 spiro atoms. The summed E-state index contributed by atoms with van der Waals surface area (Å²) < 4.78 is 4.82. The van der Waals surface area contributed by atoms with Gasteiger partial charge in [0.25, 0.3) is 0 Å². The Bertz CT molecular complexity index is 3560. The van der Waals surface area contributed by atoms with Crippen LogP contribution in [0.1, 0.15) is 0 Å². The Labute approximate surface area is 360 Å². The van der Waals surface area contributed by atoms with Gasteiger partial charge in [-0.15, -0.1) is 0 Å². The van der Waals surface area contributed by atoms with Gasteiger partial charge in [-0.2, -0.15) is 0 Å². The second-order valence-corrected chi connectivity index (χ2v) is 16.2. The third-order valence-electron chi connectivity index (χ3n) is 12.6. The molecule has 0 atom stereocenters. The zero-order valence-corrected chi connectivity index (χ0v) is 34.0. The highest BCUT2D eigenvalue weighted by atomic mass is 15.0. The maximum Gasteiger partial charge on any atom is 0.0541 e. The molecule has 0 saturated carbocycles. The van der Waals surface area contributed by atoms with E-state index in [0.717, 1.165) is 11.4 Å². The van der Waals surface area contributed by atoms with Crippen molar-refractivity contribution in [3.63, 3.8) is 0 Å². The van der Waals surface area contributed by atoms with Crippen molar-refractivity contribution in [2.24, 2.45) is 0 Å². The molecular weight excluding hydrogens is 749 g/mol. The van der Waals surface area contributed by atoms with Crippen molar-refractivity contribution in [3.05, 3.63) is 243 Å². The molecule has 12 rings (SSSR count). The fourth-order valence-corrected chi connectivity index (χ4v) is 9.44. The van der Waals surface area contributed by atoms with Gasteiger partial charge in [-0.3, -0.25) is 0 Å². The Morgan fingerprint density at radius 2 is 0.435 bits per heavy atom. The van der Waals surface area contributed by atoms with Gasteiger partial charge in [-0.05, 0) is 122 Å². The van der Waals surface area contributed by atoms with Crippen LogP contribution in [0.4, 0.5) is 0 Å². The SMILES string of the molecule is c1ccc(-c2ccc(-c3ccc(-n4c5ccccc5c5cc(-c6ccc7c(c6)c6cc(-c8ccccc8)ccc6n7-c6ccc(-c7ccccc7)cc6)ccc54)cc3)cc2)cc1. The molecule has 0 fully saturated rings. The monoisotopic (exact) mass is 788 g/mol. The van der Waals surface area contributed by atoms with E-state index in [1.807, 2.05) is 0 Å². The summed E-state index contributed by atoms with van der Waals surface area (Å²) in [6.07, 6.45) is 0. The summed E-state index contributed by atoms with van der Waals surface area (Å²) in [7, 11) is 0. The highest BCUT2D eigenvalue weighted by Gasteiger charge is 2.17. The number of para-hydroxylation sites is 1. The molecule has 0 saturated heterocycles. The minimum absolute atomic E-state index is 1.15. The molecule has 0 amide bonds. The number of aromatic nitrogens is 2. The first-order valence-corrected chi connectivity index (χ1v) is 21.3. The van der Waals surface area contributed by atoms with Gasteiger partial charge in [-0.25, -0.2) is 0 Å². The maximum atomic E-state index is 2.42. The van der Waals surface area contributed by atoms with Crippen LogP contribution in [0.25, 0.3) is 111 Å². The molecule has 0 aliphatic rings. The van der Waals surface area contributed by atoms with Crippen LogP contribution >= 0.6 is 0 Å². The zero-order chi connectivity index (χ0) is 41.0. The molecule has 0 N–H and O–H groups in total. The van der Waals surface area contributed by atoms with Crippen LogP contribution in [0, 0.1) is 0 Å². The molecule has 12 aromatic rings. The van der Waals surface area contributed by atoms with Crippen LogP contribution < -0.4 is 0 Å². The van der Waals surface area contributed by atoms with Crippen molar-refractivity contribution in [2.75, 3.05) is 0 Å². The van der Waals surface area contributed by atoms with Crippen molar-refractivity contribution in [1.82, 2.24) is 9.13 Å². The highest BCUT2D eigenvalue weighted by molar-refractivity contribution is 6.13. The fourth-order valence-electron chi connectivity index (χ4n) is 9.44. The van der Waals surface area contributed by atoms with Crippen LogP contribution in [0.15, 0.2) is 243 Å². The Morgan fingerprint density at radius 3 is 0.839 bits per heavy atom. The van der Waals surface area contributed by atoms with Gasteiger partial charge in [0.15, 0.2) is 0 Å². The average Bonchev–Trinajstić information content (AvgIpc) is 3.87. The van der Waals surface area contributed by atoms with Crippen LogP contribution in [-0.2, 0) is 0 Å². The van der Waals surface area contributed by atoms with Crippen LogP contribution in [-0.4, -0.2) is 9.13 Å². The molecule has 2 nitrogen and oxygen atoms in total. The standard InChI is InChI=1S/C60H40N2/c1-4-12-41(13-5-1)44-20-22-45(23-21-44)47-26-33-51(34-27-47)61-57-19-11-10-18-53(57)54-39-49(29-36-58(54)61)50-30-37-60-56(40-50)55-38-48(43-16-8-3-9-17-43)28-35-59(55)62(60)52-31-24-46(25-32-52)42-14-6-2-7-15-42/h1-40H. The summed E-state index contributed by atoms with van der Waals surface area (Å²) in [5.74, 6) is 0. The lowest BCUT2D eigenvalue weighted by atomic mass is 9.99. The highest BCUT2D eigenvalue weighted by Crippen LogP contribution is 2.40. The number of nitrogens with zero attached hydrogens (tertiary/aromatic N) is 2. The average molecular weight is 789 g/mol. The predicted octanol–water partition coefficient (Wildman–Crippen LogP) is 16.2. The van der Waals surface area contributed by atoms with Crippen molar-refractivity contribution in [3.8, 4) is 67.0 Å². The van der Waals surface area contributed by atoms with E-state index in [0.29, 0.717) is 0 Å². The number of rotatable bonds is 7. The van der Waals surface area contributed by atoms with E-state index < -0.39 is 0 Å². The van der Waals surface area contributed by atoms with Crippen molar-refractivity contribution >= 4 is 43.6 Å². The molecule has 0 unspecified atom stereocenters. The zero-order valence-electron chi connectivity index (χ0n) is 34.0. The van der Waals surface area contributed by atoms with Gasteiger partial charge < -0.3 is 9.13 Å². The largest absolute Gasteiger partial charge is 0.309 e. The Kier molecular flexibility index (Phi) is 8.53. The summed E-state index contributed by atoms with van der Waals surface area (Å²) in [6, 6.07) is 88.4. The Morgan fingerprint density at radius 1 is 0.177 bits per heavy atom. The summed E-state index contributed by atoms with van der Waals surface area (Å²) in [5.41, 5.74) is 19.2. The molecule has 2 aromatic heterocycles. The van der Waals surface area contributed by atoms with Crippen LogP contribution in [0.5, 0.6) is 0 Å². The third-order valence-corrected chi connectivity index (χ3v) is 12.6. The quantitative estimate of drug-likeness (QED) is 0.152. The van der Waals surface area contributed by atoms with Gasteiger partial charge in [0.05, 0.1) is 22.1 Å². The number of benzene rings is 10. The second kappa shape index (κ2) is 14.8. The first kappa shape index (κ1) is 35.7. The Balaban J connectivity index is 0.949. The van der Waals surface area contributed by atoms with Crippen LogP contribution in [0.2, 0.25) is 0 Å². The van der Waals surface area contributed by atoms with Gasteiger partial charge in [-0.1, -0.05) is 176 Å². The molecule has 0 aliphatic carbocycles. The van der Waals surface area contributed by atoms with E-state index >= 15 is 0 Å². The molecular formula is C60H40N2. The lowest BCUT2D eigenvalue weighted by molar-refractivity contribution is 1.18. The number of hydrogen-bond donors (Lipinski definition) is 0. The summed E-state index contributed by atoms with van der Waals surface area (Å²) >= 11 is 0. The molecule has 0 bridgehead atoms. The van der Waals surface area contributed by atoms with E-state index in [4.69, 9.17) is 0 Å². The lowest BCUT2D eigenvalue weighted by Crippen LogP contribution is -1.94. The molecule has 290 valence electrons. The minimum Gasteiger partial charge on any atom is -0.309 e. The summed E-state index contributed by atoms with van der Waals surface area (Å²) in [6.45, 7) is 0. The number of hydrogen-bond acceptors (Lipinski definition) is 0. The van der Waals surface area contributed by atoms with E-state index in [-0.39, 0.29) is 0 Å². The first-order chi connectivity index (χ1) is 30.7. The Hall–Kier alpha value is -8.20. The molecule has 10 aromatic carbocycles. The molecule has 2 heterocycles. The smallest absolute Gasteiger partial charge is 0.0541 e. The lowest BCUT2D eigenvalue weighted by Gasteiger charge is -2.11. The van der Waals surface area contributed by atoms with Crippen LogP contribution in [0.3, 0.4) is 0 Å². The maximum absolute atomic E-state index is 2.42. The second-order valence-electron chi connectivity index (χ2n) is 16.2. The summed E-state index contributed by atoms with van der Waals surface area (Å²) in [4.78, 5) is 0. The van der Waals surface area contributed by atoms with Gasteiger partial charge in [0.2, 0.25) is 0 Å². The topological polar surface area (TPSA) is 9.86 Å². The van der Waals surface area contributed by atoms with Gasteiger partial charge in [0, 0.05) is 32.9 Å².